The Morgan fingerprint density at radius 2 is 2.50 bits per heavy atom. The standard InChI is InChI=1S/C7H11ClN2/c1-3-6(8)7-4-5-9-10(7)2/h4-6H,3H2,1-2H3. The van der Waals surface area contributed by atoms with Gasteiger partial charge in [0.05, 0.1) is 11.1 Å². The van der Waals surface area contributed by atoms with Gasteiger partial charge in [0.15, 0.2) is 0 Å². The van der Waals surface area contributed by atoms with Crippen LogP contribution in [0.3, 0.4) is 0 Å². The molecule has 1 aromatic heterocycles. The van der Waals surface area contributed by atoms with Crippen molar-refractivity contribution in [2.24, 2.45) is 7.05 Å². The molecule has 0 amide bonds. The summed E-state index contributed by atoms with van der Waals surface area (Å²) in [4.78, 5) is 0. The van der Waals surface area contributed by atoms with E-state index in [0.29, 0.717) is 0 Å². The first-order valence-electron chi connectivity index (χ1n) is 3.37. The molecule has 1 atom stereocenters. The number of halogens is 1. The van der Waals surface area contributed by atoms with E-state index in [9.17, 15) is 0 Å². The second kappa shape index (κ2) is 3.06. The summed E-state index contributed by atoms with van der Waals surface area (Å²) in [5, 5.41) is 4.12. The van der Waals surface area contributed by atoms with Crippen LogP contribution in [-0.2, 0) is 7.05 Å². The minimum atomic E-state index is 0.104. The van der Waals surface area contributed by atoms with Gasteiger partial charge in [-0.3, -0.25) is 4.68 Å². The quantitative estimate of drug-likeness (QED) is 0.603. The Kier molecular flexibility index (Phi) is 2.33. The van der Waals surface area contributed by atoms with Gasteiger partial charge in [0.2, 0.25) is 0 Å². The third-order valence-electron chi connectivity index (χ3n) is 1.54. The topological polar surface area (TPSA) is 17.8 Å². The van der Waals surface area contributed by atoms with E-state index in [1.165, 1.54) is 0 Å². The molecule has 1 unspecified atom stereocenters. The van der Waals surface area contributed by atoms with Gasteiger partial charge in [0, 0.05) is 13.2 Å². The van der Waals surface area contributed by atoms with Gasteiger partial charge in [-0.25, -0.2) is 0 Å². The third-order valence-corrected chi connectivity index (χ3v) is 2.07. The molecule has 0 saturated carbocycles. The zero-order valence-corrected chi connectivity index (χ0v) is 6.97. The van der Waals surface area contributed by atoms with E-state index in [2.05, 4.69) is 12.0 Å². The molecule has 1 rings (SSSR count). The zero-order valence-electron chi connectivity index (χ0n) is 6.21. The molecule has 0 saturated heterocycles. The second-order valence-electron chi connectivity index (χ2n) is 2.26. The van der Waals surface area contributed by atoms with E-state index in [1.54, 1.807) is 10.9 Å². The summed E-state index contributed by atoms with van der Waals surface area (Å²) in [6.07, 6.45) is 2.71. The van der Waals surface area contributed by atoms with Crippen LogP contribution in [0.2, 0.25) is 0 Å². The summed E-state index contributed by atoms with van der Waals surface area (Å²) in [6.45, 7) is 2.06. The highest BCUT2D eigenvalue weighted by Gasteiger charge is 2.07. The van der Waals surface area contributed by atoms with Gasteiger partial charge in [-0.2, -0.15) is 5.10 Å². The fourth-order valence-electron chi connectivity index (χ4n) is 0.901. The van der Waals surface area contributed by atoms with E-state index in [4.69, 9.17) is 11.6 Å². The molecular formula is C7H11ClN2. The highest BCUT2D eigenvalue weighted by molar-refractivity contribution is 6.20. The van der Waals surface area contributed by atoms with Gasteiger partial charge in [-0.1, -0.05) is 6.92 Å². The number of hydrogen-bond donors (Lipinski definition) is 0. The van der Waals surface area contributed by atoms with Crippen LogP contribution in [-0.4, -0.2) is 9.78 Å². The summed E-state index contributed by atoms with van der Waals surface area (Å²) in [5.41, 5.74) is 1.09. The maximum Gasteiger partial charge on any atom is 0.0751 e. The van der Waals surface area contributed by atoms with Crippen molar-refractivity contribution in [3.05, 3.63) is 18.0 Å². The molecule has 1 aromatic rings. The summed E-state index contributed by atoms with van der Waals surface area (Å²) in [7, 11) is 1.90. The monoisotopic (exact) mass is 158 g/mol. The normalized spacial score (nSPS) is 13.5. The summed E-state index contributed by atoms with van der Waals surface area (Å²) >= 11 is 5.98. The van der Waals surface area contributed by atoms with Crippen molar-refractivity contribution in [2.75, 3.05) is 0 Å². The fourth-order valence-corrected chi connectivity index (χ4v) is 1.11. The molecule has 3 heteroatoms. The van der Waals surface area contributed by atoms with Gasteiger partial charge in [-0.15, -0.1) is 11.6 Å². The molecular weight excluding hydrogens is 148 g/mol. The Balaban J connectivity index is 2.82. The molecule has 0 aliphatic carbocycles. The Morgan fingerprint density at radius 1 is 1.80 bits per heavy atom. The molecule has 0 N–H and O–H groups in total. The van der Waals surface area contributed by atoms with Crippen molar-refractivity contribution < 1.29 is 0 Å². The average molecular weight is 159 g/mol. The molecule has 1 heterocycles. The Morgan fingerprint density at radius 3 is 2.90 bits per heavy atom. The van der Waals surface area contributed by atoms with Gasteiger partial charge >= 0.3 is 0 Å². The number of aromatic nitrogens is 2. The lowest BCUT2D eigenvalue weighted by Crippen LogP contribution is -1.99. The van der Waals surface area contributed by atoms with E-state index in [-0.39, 0.29) is 5.38 Å². The Hall–Kier alpha value is -0.500. The maximum atomic E-state index is 5.98. The SMILES string of the molecule is CCC(Cl)c1ccnn1C. The number of rotatable bonds is 2. The van der Waals surface area contributed by atoms with Crippen LogP contribution in [0.5, 0.6) is 0 Å². The van der Waals surface area contributed by atoms with Gasteiger partial charge < -0.3 is 0 Å². The summed E-state index contributed by atoms with van der Waals surface area (Å²) in [5.74, 6) is 0. The highest BCUT2D eigenvalue weighted by Crippen LogP contribution is 2.21. The van der Waals surface area contributed by atoms with Gasteiger partial charge in [0.1, 0.15) is 0 Å². The molecule has 2 nitrogen and oxygen atoms in total. The molecule has 0 fully saturated rings. The average Bonchev–Trinajstić information content (AvgIpc) is 2.34. The molecule has 0 radical (unpaired) electrons. The van der Waals surface area contributed by atoms with Crippen LogP contribution >= 0.6 is 11.6 Å². The minimum Gasteiger partial charge on any atom is -0.271 e. The molecule has 0 spiro atoms. The fraction of sp³-hybridized carbons (Fsp3) is 0.571. The lowest BCUT2D eigenvalue weighted by molar-refractivity contribution is 0.686. The first kappa shape index (κ1) is 7.61. The number of aryl methyl sites for hydroxylation is 1. The predicted octanol–water partition coefficient (Wildman–Crippen LogP) is 2.11. The second-order valence-corrected chi connectivity index (χ2v) is 2.78. The molecule has 10 heavy (non-hydrogen) atoms. The van der Waals surface area contributed by atoms with Crippen LogP contribution in [0.15, 0.2) is 12.3 Å². The summed E-state index contributed by atoms with van der Waals surface area (Å²) < 4.78 is 1.81. The summed E-state index contributed by atoms with van der Waals surface area (Å²) in [6, 6.07) is 1.95. The molecule has 0 bridgehead atoms. The van der Waals surface area contributed by atoms with Crippen LogP contribution in [0.25, 0.3) is 0 Å². The van der Waals surface area contributed by atoms with Crippen molar-refractivity contribution in [3.63, 3.8) is 0 Å². The van der Waals surface area contributed by atoms with Crippen molar-refractivity contribution in [1.29, 1.82) is 0 Å². The molecule has 0 aliphatic rings. The van der Waals surface area contributed by atoms with Crippen molar-refractivity contribution >= 4 is 11.6 Å². The largest absolute Gasteiger partial charge is 0.271 e. The number of alkyl halides is 1. The molecule has 56 valence electrons. The minimum absolute atomic E-state index is 0.104. The van der Waals surface area contributed by atoms with Crippen LogP contribution in [0, 0.1) is 0 Å². The van der Waals surface area contributed by atoms with Gasteiger partial charge in [-0.05, 0) is 12.5 Å². The third kappa shape index (κ3) is 1.32. The van der Waals surface area contributed by atoms with Crippen LogP contribution in [0.4, 0.5) is 0 Å². The Bertz CT molecular complexity index is 207. The molecule has 0 aromatic carbocycles. The first-order valence-corrected chi connectivity index (χ1v) is 3.81. The smallest absolute Gasteiger partial charge is 0.0751 e. The van der Waals surface area contributed by atoms with E-state index in [0.717, 1.165) is 12.1 Å². The van der Waals surface area contributed by atoms with Crippen LogP contribution in [0.1, 0.15) is 24.4 Å². The maximum absolute atomic E-state index is 5.98. The van der Waals surface area contributed by atoms with Crippen molar-refractivity contribution in [3.8, 4) is 0 Å². The number of hydrogen-bond acceptors (Lipinski definition) is 1. The molecule has 0 aliphatic heterocycles. The van der Waals surface area contributed by atoms with Crippen molar-refractivity contribution in [1.82, 2.24) is 9.78 Å². The zero-order chi connectivity index (χ0) is 7.56. The first-order chi connectivity index (χ1) is 4.75. The van der Waals surface area contributed by atoms with Gasteiger partial charge in [0.25, 0.3) is 0 Å². The lowest BCUT2D eigenvalue weighted by atomic mass is 10.2. The van der Waals surface area contributed by atoms with E-state index >= 15 is 0 Å². The lowest BCUT2D eigenvalue weighted by Gasteiger charge is -2.05. The predicted molar refractivity (Wildman–Crippen MR) is 42.1 cm³/mol. The number of nitrogens with zero attached hydrogens (tertiary/aromatic N) is 2. The highest BCUT2D eigenvalue weighted by atomic mass is 35.5. The Labute approximate surface area is 65.8 Å². The van der Waals surface area contributed by atoms with E-state index < -0.39 is 0 Å². The van der Waals surface area contributed by atoms with E-state index in [1.807, 2.05) is 13.1 Å². The van der Waals surface area contributed by atoms with Crippen LogP contribution < -0.4 is 0 Å². The van der Waals surface area contributed by atoms with Crippen molar-refractivity contribution in [2.45, 2.75) is 18.7 Å².